The van der Waals surface area contributed by atoms with Gasteiger partial charge in [0.15, 0.2) is 5.82 Å². The smallest absolute Gasteiger partial charge is 0.153 e. The Balaban J connectivity index is 1.76. The number of benzene rings is 3. The molecule has 0 spiro atoms. The fourth-order valence-corrected chi connectivity index (χ4v) is 3.77. The number of anilines is 1. The molecule has 0 saturated carbocycles. The average Bonchev–Trinajstić information content (AvgIpc) is 3.10. The second-order valence-electron chi connectivity index (χ2n) is 7.06. The molecule has 0 aliphatic carbocycles. The van der Waals surface area contributed by atoms with E-state index in [1.54, 1.807) is 6.07 Å². The summed E-state index contributed by atoms with van der Waals surface area (Å²) in [5.74, 6) is 0.236. The van der Waals surface area contributed by atoms with Crippen LogP contribution < -0.4 is 5.73 Å². The number of nitrogens with two attached hydrogens (primary N) is 1. The quantitative estimate of drug-likeness (QED) is 0.425. The van der Waals surface area contributed by atoms with Gasteiger partial charge in [-0.15, -0.1) is 6.58 Å². The van der Waals surface area contributed by atoms with Gasteiger partial charge in [-0.1, -0.05) is 60.2 Å². The highest BCUT2D eigenvalue weighted by Crippen LogP contribution is 2.35. The summed E-state index contributed by atoms with van der Waals surface area (Å²) in [6.45, 7) is 5.84. The lowest BCUT2D eigenvalue weighted by Crippen LogP contribution is -2.03. The zero-order valence-electron chi connectivity index (χ0n) is 15.7. The number of aromatic nitrogens is 2. The van der Waals surface area contributed by atoms with Crippen LogP contribution in [0.3, 0.4) is 0 Å². The second kappa shape index (κ2) is 7.31. The predicted octanol–water partition coefficient (Wildman–Crippen LogP) is 5.97. The van der Waals surface area contributed by atoms with Crippen LogP contribution in [-0.2, 0) is 0 Å². The number of aryl methyl sites for hydroxylation is 1. The molecule has 0 aliphatic rings. The molecule has 28 heavy (non-hydrogen) atoms. The Morgan fingerprint density at radius 2 is 1.93 bits per heavy atom. The van der Waals surface area contributed by atoms with Gasteiger partial charge in [-0.2, -0.15) is 5.10 Å². The lowest BCUT2D eigenvalue weighted by atomic mass is 9.86. The minimum Gasteiger partial charge on any atom is -0.382 e. The van der Waals surface area contributed by atoms with Crippen molar-refractivity contribution in [3.8, 4) is 11.1 Å². The van der Waals surface area contributed by atoms with Crippen LogP contribution >= 0.6 is 0 Å². The molecule has 0 bridgehead atoms. The Morgan fingerprint density at radius 1 is 1.14 bits per heavy atom. The van der Waals surface area contributed by atoms with E-state index in [9.17, 15) is 4.39 Å². The number of fused-ring (bicyclic) bond motifs is 1. The molecule has 0 fully saturated rings. The molecule has 1 atom stereocenters. The minimum absolute atomic E-state index is 0.0683. The van der Waals surface area contributed by atoms with Gasteiger partial charge in [0.2, 0.25) is 0 Å². The highest BCUT2D eigenvalue weighted by molar-refractivity contribution is 6.01. The first-order valence-corrected chi connectivity index (χ1v) is 9.28. The van der Waals surface area contributed by atoms with E-state index >= 15 is 0 Å². The summed E-state index contributed by atoms with van der Waals surface area (Å²) in [7, 11) is 0. The molecule has 3 nitrogen and oxygen atoms in total. The first-order chi connectivity index (χ1) is 13.6. The van der Waals surface area contributed by atoms with Gasteiger partial charge >= 0.3 is 0 Å². The summed E-state index contributed by atoms with van der Waals surface area (Å²) < 4.78 is 14.5. The summed E-state index contributed by atoms with van der Waals surface area (Å²) in [6.07, 6.45) is 2.51. The predicted molar refractivity (Wildman–Crippen MR) is 114 cm³/mol. The number of aromatic amines is 1. The van der Waals surface area contributed by atoms with Gasteiger partial charge < -0.3 is 5.73 Å². The highest BCUT2D eigenvalue weighted by atomic mass is 19.1. The van der Waals surface area contributed by atoms with E-state index in [1.165, 1.54) is 6.07 Å². The van der Waals surface area contributed by atoms with Gasteiger partial charge in [0.1, 0.15) is 5.82 Å². The van der Waals surface area contributed by atoms with E-state index in [0.717, 1.165) is 33.2 Å². The number of halogens is 1. The van der Waals surface area contributed by atoms with Crippen molar-refractivity contribution in [2.45, 2.75) is 19.3 Å². The van der Waals surface area contributed by atoms with Crippen molar-refractivity contribution in [1.82, 2.24) is 10.2 Å². The molecule has 3 aromatic carbocycles. The molecule has 1 aromatic heterocycles. The van der Waals surface area contributed by atoms with Gasteiger partial charge in [-0.25, -0.2) is 4.39 Å². The van der Waals surface area contributed by atoms with Gasteiger partial charge in [0, 0.05) is 5.92 Å². The van der Waals surface area contributed by atoms with Gasteiger partial charge in [0.05, 0.1) is 10.9 Å². The Hall–Kier alpha value is -3.40. The number of nitrogen functional groups attached to an aromatic ring is 1. The van der Waals surface area contributed by atoms with Crippen molar-refractivity contribution in [2.75, 3.05) is 5.73 Å². The van der Waals surface area contributed by atoms with Crippen molar-refractivity contribution in [3.63, 3.8) is 0 Å². The molecule has 4 rings (SSSR count). The van der Waals surface area contributed by atoms with Crippen molar-refractivity contribution >= 4 is 16.7 Å². The fraction of sp³-hybridized carbons (Fsp3) is 0.125. The van der Waals surface area contributed by atoms with Gasteiger partial charge in [-0.05, 0) is 47.7 Å². The zero-order valence-corrected chi connectivity index (χ0v) is 15.7. The molecule has 0 amide bonds. The Labute approximate surface area is 163 Å². The van der Waals surface area contributed by atoms with Crippen molar-refractivity contribution in [3.05, 3.63) is 95.8 Å². The third kappa shape index (κ3) is 3.18. The molecule has 0 radical (unpaired) electrons. The Kier molecular flexibility index (Phi) is 4.70. The molecular weight excluding hydrogens is 349 g/mol. The first kappa shape index (κ1) is 18.0. The van der Waals surface area contributed by atoms with Crippen molar-refractivity contribution in [2.24, 2.45) is 0 Å². The van der Waals surface area contributed by atoms with Crippen LogP contribution in [0.2, 0.25) is 0 Å². The monoisotopic (exact) mass is 371 g/mol. The second-order valence-corrected chi connectivity index (χ2v) is 7.06. The Bertz CT molecular complexity index is 1140. The molecule has 0 aliphatic heterocycles. The minimum atomic E-state index is -0.183. The van der Waals surface area contributed by atoms with E-state index in [4.69, 9.17) is 5.73 Å². The molecule has 4 heteroatoms. The first-order valence-electron chi connectivity index (χ1n) is 9.28. The third-order valence-corrected chi connectivity index (χ3v) is 5.17. The number of allylic oxidation sites excluding steroid dienone is 1. The van der Waals surface area contributed by atoms with Crippen LogP contribution in [0.25, 0.3) is 22.0 Å². The molecule has 3 N–H and O–H groups in total. The van der Waals surface area contributed by atoms with Gasteiger partial charge in [0.25, 0.3) is 0 Å². The normalized spacial score (nSPS) is 12.2. The lowest BCUT2D eigenvalue weighted by Gasteiger charge is -2.18. The van der Waals surface area contributed by atoms with Crippen molar-refractivity contribution in [1.29, 1.82) is 0 Å². The highest BCUT2D eigenvalue weighted by Gasteiger charge is 2.18. The third-order valence-electron chi connectivity index (χ3n) is 5.17. The maximum Gasteiger partial charge on any atom is 0.153 e. The van der Waals surface area contributed by atoms with E-state index in [0.29, 0.717) is 17.8 Å². The van der Waals surface area contributed by atoms with E-state index in [2.05, 4.69) is 41.0 Å². The number of rotatable bonds is 5. The lowest BCUT2D eigenvalue weighted by molar-refractivity contribution is 0.596. The molecule has 0 saturated heterocycles. The standard InChI is InChI=1S/C24H22FN3/c1-3-5-18(20-14-15(2)8-13-21(20)25)16-9-11-17(12-10-16)19-6-4-7-22-23(19)24(26)28-27-22/h3-4,6-14,18H,1,5H2,2H3,(H3,26,27,28). The summed E-state index contributed by atoms with van der Waals surface area (Å²) in [5.41, 5.74) is 11.8. The summed E-state index contributed by atoms with van der Waals surface area (Å²) >= 11 is 0. The summed E-state index contributed by atoms with van der Waals surface area (Å²) in [6, 6.07) is 19.4. The molecule has 1 heterocycles. The Morgan fingerprint density at radius 3 is 2.68 bits per heavy atom. The van der Waals surface area contributed by atoms with Crippen LogP contribution in [0.4, 0.5) is 10.2 Å². The molecule has 1 unspecified atom stereocenters. The number of nitrogens with one attached hydrogen (secondary N) is 1. The molecule has 4 aromatic rings. The number of H-pyrrole nitrogens is 1. The van der Waals surface area contributed by atoms with Crippen LogP contribution in [0.1, 0.15) is 29.0 Å². The molecular formula is C24H22FN3. The number of nitrogens with zero attached hydrogens (tertiary/aromatic N) is 1. The van der Waals surface area contributed by atoms with Crippen LogP contribution in [0.5, 0.6) is 0 Å². The number of hydrogen-bond donors (Lipinski definition) is 2. The maximum absolute atomic E-state index is 14.5. The van der Waals surface area contributed by atoms with E-state index in [-0.39, 0.29) is 11.7 Å². The summed E-state index contributed by atoms with van der Waals surface area (Å²) in [5, 5.41) is 7.98. The number of hydrogen-bond acceptors (Lipinski definition) is 2. The van der Waals surface area contributed by atoms with Crippen molar-refractivity contribution < 1.29 is 4.39 Å². The molecule has 140 valence electrons. The van der Waals surface area contributed by atoms with Crippen LogP contribution in [0.15, 0.2) is 73.3 Å². The average molecular weight is 371 g/mol. The van der Waals surface area contributed by atoms with Crippen LogP contribution in [-0.4, -0.2) is 10.2 Å². The fourth-order valence-electron chi connectivity index (χ4n) is 3.77. The topological polar surface area (TPSA) is 54.7 Å². The SMILES string of the molecule is C=CCC(c1ccc(-c2cccc3[nH]nc(N)c23)cc1)c1cc(C)ccc1F. The van der Waals surface area contributed by atoms with E-state index in [1.807, 2.05) is 37.3 Å². The van der Waals surface area contributed by atoms with Crippen LogP contribution in [0, 0.1) is 12.7 Å². The van der Waals surface area contributed by atoms with E-state index < -0.39 is 0 Å². The zero-order chi connectivity index (χ0) is 19.7. The maximum atomic E-state index is 14.5. The largest absolute Gasteiger partial charge is 0.382 e. The summed E-state index contributed by atoms with van der Waals surface area (Å²) in [4.78, 5) is 0. The van der Waals surface area contributed by atoms with Gasteiger partial charge in [-0.3, -0.25) is 5.10 Å².